The molecule has 1 heterocycles. The Balaban J connectivity index is 3.03. The van der Waals surface area contributed by atoms with Gasteiger partial charge >= 0.3 is 0 Å². The summed E-state index contributed by atoms with van der Waals surface area (Å²) >= 11 is 1.70. The first-order valence-electron chi connectivity index (χ1n) is 5.35. The Hall–Kier alpha value is -0.410. The Kier molecular flexibility index (Phi) is 3.56. The summed E-state index contributed by atoms with van der Waals surface area (Å²) in [7, 11) is 1.75. The van der Waals surface area contributed by atoms with Gasteiger partial charge in [-0.3, -0.25) is 0 Å². The minimum atomic E-state index is -0.228. The molecule has 1 rings (SSSR count). The van der Waals surface area contributed by atoms with Crippen LogP contribution >= 0.6 is 11.3 Å². The summed E-state index contributed by atoms with van der Waals surface area (Å²) in [6, 6.07) is 0. The van der Waals surface area contributed by atoms with Crippen molar-refractivity contribution in [2.75, 3.05) is 7.11 Å². The highest BCUT2D eigenvalue weighted by Gasteiger charge is 2.29. The quantitative estimate of drug-likeness (QED) is 0.785. The van der Waals surface area contributed by atoms with Gasteiger partial charge in [0, 0.05) is 17.9 Å². The zero-order valence-corrected chi connectivity index (χ0v) is 11.4. The number of thiazole rings is 1. The highest BCUT2D eigenvalue weighted by Crippen LogP contribution is 2.33. The fourth-order valence-electron chi connectivity index (χ4n) is 1.24. The second kappa shape index (κ2) is 4.22. The first-order chi connectivity index (χ1) is 6.83. The summed E-state index contributed by atoms with van der Waals surface area (Å²) in [6.45, 7) is 10.8. The monoisotopic (exact) mass is 227 g/mol. The van der Waals surface area contributed by atoms with Gasteiger partial charge in [0.1, 0.15) is 10.6 Å². The Morgan fingerprint density at radius 2 is 1.93 bits per heavy atom. The third-order valence-electron chi connectivity index (χ3n) is 2.85. The van der Waals surface area contributed by atoms with E-state index >= 15 is 0 Å². The van der Waals surface area contributed by atoms with E-state index in [0.717, 1.165) is 17.1 Å². The largest absolute Gasteiger partial charge is 0.371 e. The average molecular weight is 227 g/mol. The molecule has 0 bridgehead atoms. The lowest BCUT2D eigenvalue weighted by Crippen LogP contribution is -2.23. The molecule has 0 amide bonds. The molecular weight excluding hydrogens is 206 g/mol. The summed E-state index contributed by atoms with van der Waals surface area (Å²) < 4.78 is 5.55. The topological polar surface area (TPSA) is 22.1 Å². The van der Waals surface area contributed by atoms with E-state index in [-0.39, 0.29) is 11.0 Å². The van der Waals surface area contributed by atoms with Crippen LogP contribution in [0.25, 0.3) is 0 Å². The van der Waals surface area contributed by atoms with E-state index < -0.39 is 0 Å². The molecule has 0 saturated heterocycles. The van der Waals surface area contributed by atoms with Crippen molar-refractivity contribution in [2.45, 2.75) is 52.1 Å². The van der Waals surface area contributed by atoms with Crippen molar-refractivity contribution in [1.82, 2.24) is 4.98 Å². The maximum absolute atomic E-state index is 5.55. The zero-order valence-electron chi connectivity index (χ0n) is 10.5. The molecule has 0 aliphatic rings. The summed E-state index contributed by atoms with van der Waals surface area (Å²) in [5.41, 5.74) is 1.05. The van der Waals surface area contributed by atoms with Crippen molar-refractivity contribution in [1.29, 1.82) is 0 Å². The number of hydrogen-bond acceptors (Lipinski definition) is 3. The van der Waals surface area contributed by atoms with Crippen molar-refractivity contribution in [2.24, 2.45) is 0 Å². The van der Waals surface area contributed by atoms with Crippen LogP contribution in [0.2, 0.25) is 0 Å². The number of methoxy groups -OCH3 is 1. The van der Waals surface area contributed by atoms with Crippen LogP contribution in [-0.2, 0) is 15.8 Å². The Labute approximate surface area is 96.7 Å². The molecule has 86 valence electrons. The molecule has 0 radical (unpaired) electrons. The standard InChI is InChI=1S/C12H21NOS/c1-7-12(5,14-6)10-13-9(8-15-10)11(2,3)4/h8H,7H2,1-6H3. The smallest absolute Gasteiger partial charge is 0.125 e. The molecule has 2 nitrogen and oxygen atoms in total. The predicted molar refractivity (Wildman–Crippen MR) is 65.5 cm³/mol. The second-order valence-electron chi connectivity index (χ2n) is 5.08. The summed E-state index contributed by atoms with van der Waals surface area (Å²) in [6.07, 6.45) is 0.945. The molecule has 0 aliphatic heterocycles. The first-order valence-corrected chi connectivity index (χ1v) is 6.23. The van der Waals surface area contributed by atoms with Crippen molar-refractivity contribution in [3.63, 3.8) is 0 Å². The minimum absolute atomic E-state index is 0.122. The van der Waals surface area contributed by atoms with Crippen molar-refractivity contribution < 1.29 is 4.74 Å². The lowest BCUT2D eigenvalue weighted by molar-refractivity contribution is -0.00174. The van der Waals surface area contributed by atoms with Gasteiger partial charge in [-0.2, -0.15) is 0 Å². The van der Waals surface area contributed by atoms with Gasteiger partial charge in [-0.1, -0.05) is 27.7 Å². The summed E-state index contributed by atoms with van der Waals surface area (Å²) in [5, 5.41) is 3.22. The molecule has 0 spiro atoms. The summed E-state index contributed by atoms with van der Waals surface area (Å²) in [4.78, 5) is 4.69. The van der Waals surface area contributed by atoms with E-state index in [2.05, 4.69) is 45.0 Å². The maximum Gasteiger partial charge on any atom is 0.125 e. The zero-order chi connectivity index (χ0) is 11.7. The molecule has 1 aromatic rings. The molecule has 1 unspecified atom stereocenters. The number of hydrogen-bond donors (Lipinski definition) is 0. The van der Waals surface area contributed by atoms with Crippen LogP contribution in [0.15, 0.2) is 5.38 Å². The molecule has 0 saturated carbocycles. The Bertz CT molecular complexity index is 321. The lowest BCUT2D eigenvalue weighted by atomic mass is 9.93. The van der Waals surface area contributed by atoms with Gasteiger partial charge in [0.25, 0.3) is 0 Å². The van der Waals surface area contributed by atoms with Crippen LogP contribution in [-0.4, -0.2) is 12.1 Å². The average Bonchev–Trinajstić information content (AvgIpc) is 2.65. The van der Waals surface area contributed by atoms with Crippen molar-refractivity contribution in [3.05, 3.63) is 16.1 Å². The third-order valence-corrected chi connectivity index (χ3v) is 3.94. The minimum Gasteiger partial charge on any atom is -0.371 e. The normalized spacial score (nSPS) is 16.4. The van der Waals surface area contributed by atoms with Gasteiger partial charge < -0.3 is 4.74 Å². The number of aromatic nitrogens is 1. The van der Waals surface area contributed by atoms with Gasteiger partial charge in [-0.05, 0) is 13.3 Å². The van der Waals surface area contributed by atoms with Gasteiger partial charge in [0.05, 0.1) is 5.69 Å². The second-order valence-corrected chi connectivity index (χ2v) is 5.93. The first kappa shape index (κ1) is 12.7. The molecule has 1 aromatic heterocycles. The third kappa shape index (κ3) is 2.58. The van der Waals surface area contributed by atoms with E-state index in [0.29, 0.717) is 0 Å². The fraction of sp³-hybridized carbons (Fsp3) is 0.750. The highest BCUT2D eigenvalue weighted by molar-refractivity contribution is 7.09. The van der Waals surface area contributed by atoms with Crippen molar-refractivity contribution in [3.8, 4) is 0 Å². The molecule has 0 aromatic carbocycles. The van der Waals surface area contributed by atoms with E-state index in [9.17, 15) is 0 Å². The number of nitrogens with zero attached hydrogens (tertiary/aromatic N) is 1. The highest BCUT2D eigenvalue weighted by atomic mass is 32.1. The van der Waals surface area contributed by atoms with Gasteiger partial charge in [0.15, 0.2) is 0 Å². The number of rotatable bonds is 3. The van der Waals surface area contributed by atoms with Gasteiger partial charge in [-0.15, -0.1) is 11.3 Å². The van der Waals surface area contributed by atoms with E-state index in [1.54, 1.807) is 18.4 Å². The SMILES string of the molecule is CCC(C)(OC)c1nc(C(C)(C)C)cs1. The maximum atomic E-state index is 5.55. The van der Waals surface area contributed by atoms with E-state index in [1.807, 2.05) is 0 Å². The van der Waals surface area contributed by atoms with Crippen LogP contribution in [0.5, 0.6) is 0 Å². The van der Waals surface area contributed by atoms with Crippen LogP contribution in [0.3, 0.4) is 0 Å². The van der Waals surface area contributed by atoms with Crippen LogP contribution in [0.4, 0.5) is 0 Å². The van der Waals surface area contributed by atoms with Crippen LogP contribution < -0.4 is 0 Å². The fourth-order valence-corrected chi connectivity index (χ4v) is 2.50. The molecule has 15 heavy (non-hydrogen) atoms. The molecule has 3 heteroatoms. The van der Waals surface area contributed by atoms with Gasteiger partial charge in [-0.25, -0.2) is 4.98 Å². The Morgan fingerprint density at radius 3 is 2.27 bits per heavy atom. The van der Waals surface area contributed by atoms with Crippen molar-refractivity contribution >= 4 is 11.3 Å². The Morgan fingerprint density at radius 1 is 1.33 bits per heavy atom. The molecular formula is C12H21NOS. The van der Waals surface area contributed by atoms with E-state index in [1.165, 1.54) is 0 Å². The molecule has 0 aliphatic carbocycles. The predicted octanol–water partition coefficient (Wildman–Crippen LogP) is 3.71. The van der Waals surface area contributed by atoms with E-state index in [4.69, 9.17) is 4.74 Å². The van der Waals surface area contributed by atoms with Crippen LogP contribution in [0, 0.1) is 0 Å². The molecule has 1 atom stereocenters. The lowest BCUT2D eigenvalue weighted by Gasteiger charge is -2.24. The number of ether oxygens (including phenoxy) is 1. The summed E-state index contributed by atoms with van der Waals surface area (Å²) in [5.74, 6) is 0. The molecule has 0 N–H and O–H groups in total. The van der Waals surface area contributed by atoms with Gasteiger partial charge in [0.2, 0.25) is 0 Å². The van der Waals surface area contributed by atoms with Crippen LogP contribution in [0.1, 0.15) is 51.7 Å². The molecule has 0 fully saturated rings.